The highest BCUT2D eigenvalue weighted by molar-refractivity contribution is 5.42. The fourth-order valence-corrected chi connectivity index (χ4v) is 1.24. The van der Waals surface area contributed by atoms with Gasteiger partial charge in [0.25, 0.3) is 0 Å². The molecule has 0 radical (unpaired) electrons. The zero-order valence-electron chi connectivity index (χ0n) is 8.23. The number of methoxy groups -OCH3 is 1. The summed E-state index contributed by atoms with van der Waals surface area (Å²) >= 11 is 0. The van der Waals surface area contributed by atoms with E-state index >= 15 is 0 Å². The summed E-state index contributed by atoms with van der Waals surface area (Å²) in [5, 5.41) is 9.36. The molecule has 0 unspecified atom stereocenters. The molecule has 0 spiro atoms. The Hall–Kier alpha value is -1.48. The van der Waals surface area contributed by atoms with Gasteiger partial charge in [-0.05, 0) is 24.1 Å². The van der Waals surface area contributed by atoms with Crippen LogP contribution in [0.2, 0.25) is 0 Å². The Bertz CT molecular complexity index is 323. The zero-order chi connectivity index (χ0) is 10.6. The third-order valence-corrected chi connectivity index (χ3v) is 2.05. The maximum atomic E-state index is 9.36. The van der Waals surface area contributed by atoms with Gasteiger partial charge in [0.05, 0.1) is 7.11 Å². The molecule has 0 aliphatic rings. The average Bonchev–Trinajstić information content (AvgIpc) is 2.19. The predicted molar refractivity (Wildman–Crippen MR) is 56.4 cm³/mol. The number of nitrogens with two attached hydrogens (primary N) is 1. The van der Waals surface area contributed by atoms with E-state index in [0.29, 0.717) is 12.2 Å². The predicted octanol–water partition coefficient (Wildman–Crippen LogP) is 1.98. The van der Waals surface area contributed by atoms with Crippen LogP contribution in [0.3, 0.4) is 0 Å². The quantitative estimate of drug-likeness (QED) is 0.719. The molecule has 3 nitrogen and oxygen atoms in total. The normalized spacial score (nSPS) is 12.1. The Kier molecular flexibility index (Phi) is 3.54. The lowest BCUT2D eigenvalue weighted by Crippen LogP contribution is -2.08. The molecule has 0 saturated heterocycles. The van der Waals surface area contributed by atoms with E-state index in [1.54, 1.807) is 24.3 Å². The summed E-state index contributed by atoms with van der Waals surface area (Å²) in [6.07, 6.45) is 2.47. The number of aromatic hydroxyl groups is 1. The number of hydrogen-bond donors (Lipinski definition) is 2. The van der Waals surface area contributed by atoms with E-state index in [-0.39, 0.29) is 11.8 Å². The molecule has 0 heterocycles. The van der Waals surface area contributed by atoms with Crippen molar-refractivity contribution in [3.05, 3.63) is 36.4 Å². The van der Waals surface area contributed by atoms with Crippen LogP contribution in [0.5, 0.6) is 11.5 Å². The van der Waals surface area contributed by atoms with Gasteiger partial charge in [-0.25, -0.2) is 0 Å². The van der Waals surface area contributed by atoms with Gasteiger partial charge in [0.1, 0.15) is 0 Å². The van der Waals surface area contributed by atoms with Crippen molar-refractivity contribution < 1.29 is 9.84 Å². The van der Waals surface area contributed by atoms with Crippen molar-refractivity contribution in [3.8, 4) is 11.5 Å². The average molecular weight is 193 g/mol. The fraction of sp³-hybridized carbons (Fsp3) is 0.273. The highest BCUT2D eigenvalue weighted by Crippen LogP contribution is 2.29. The molecule has 76 valence electrons. The number of phenolic OH excluding ortho intramolecular Hbond substituents is 1. The van der Waals surface area contributed by atoms with E-state index in [2.05, 4.69) is 6.58 Å². The highest BCUT2D eigenvalue weighted by atomic mass is 16.5. The van der Waals surface area contributed by atoms with Crippen molar-refractivity contribution in [2.24, 2.45) is 5.73 Å². The number of rotatable bonds is 4. The first kappa shape index (κ1) is 10.6. The highest BCUT2D eigenvalue weighted by Gasteiger charge is 2.07. The van der Waals surface area contributed by atoms with Crippen LogP contribution in [0.15, 0.2) is 30.9 Å². The van der Waals surface area contributed by atoms with Crippen molar-refractivity contribution in [2.45, 2.75) is 12.5 Å². The molecule has 0 fully saturated rings. The first-order chi connectivity index (χ1) is 6.69. The van der Waals surface area contributed by atoms with Gasteiger partial charge < -0.3 is 15.6 Å². The lowest BCUT2D eigenvalue weighted by Gasteiger charge is -2.11. The fourth-order valence-electron chi connectivity index (χ4n) is 1.24. The lowest BCUT2D eigenvalue weighted by atomic mass is 10.0. The molecule has 0 aliphatic heterocycles. The maximum absolute atomic E-state index is 9.36. The van der Waals surface area contributed by atoms with E-state index in [4.69, 9.17) is 10.5 Å². The Morgan fingerprint density at radius 2 is 2.36 bits per heavy atom. The van der Waals surface area contributed by atoms with Gasteiger partial charge in [0.15, 0.2) is 11.5 Å². The SMILES string of the molecule is C=CC[C@H](N)c1ccc(O)c(OC)c1. The van der Waals surface area contributed by atoms with Crippen LogP contribution in [0, 0.1) is 0 Å². The molecule has 1 aromatic carbocycles. The molecule has 3 heteroatoms. The molecular weight excluding hydrogens is 178 g/mol. The van der Waals surface area contributed by atoms with Crippen molar-refractivity contribution >= 4 is 0 Å². The number of hydrogen-bond acceptors (Lipinski definition) is 3. The maximum Gasteiger partial charge on any atom is 0.160 e. The van der Waals surface area contributed by atoms with Gasteiger partial charge in [0.2, 0.25) is 0 Å². The molecule has 0 aliphatic carbocycles. The van der Waals surface area contributed by atoms with Gasteiger partial charge in [-0.15, -0.1) is 6.58 Å². The largest absolute Gasteiger partial charge is 0.504 e. The Morgan fingerprint density at radius 1 is 1.64 bits per heavy atom. The topological polar surface area (TPSA) is 55.5 Å². The summed E-state index contributed by atoms with van der Waals surface area (Å²) in [7, 11) is 1.51. The van der Waals surface area contributed by atoms with E-state index in [1.165, 1.54) is 7.11 Å². The van der Waals surface area contributed by atoms with Crippen LogP contribution >= 0.6 is 0 Å². The van der Waals surface area contributed by atoms with Gasteiger partial charge in [-0.3, -0.25) is 0 Å². The van der Waals surface area contributed by atoms with E-state index in [0.717, 1.165) is 5.56 Å². The standard InChI is InChI=1S/C11H15NO2/c1-3-4-9(12)8-5-6-10(13)11(7-8)14-2/h3,5-7,9,13H,1,4,12H2,2H3/t9-/m0/s1. The molecule has 1 aromatic rings. The van der Waals surface area contributed by atoms with Crippen LogP contribution in [-0.4, -0.2) is 12.2 Å². The third kappa shape index (κ3) is 2.26. The molecule has 1 rings (SSSR count). The molecular formula is C11H15NO2. The monoisotopic (exact) mass is 193 g/mol. The third-order valence-electron chi connectivity index (χ3n) is 2.05. The van der Waals surface area contributed by atoms with Crippen LogP contribution < -0.4 is 10.5 Å². The van der Waals surface area contributed by atoms with Crippen molar-refractivity contribution in [2.75, 3.05) is 7.11 Å². The van der Waals surface area contributed by atoms with E-state index < -0.39 is 0 Å². The molecule has 14 heavy (non-hydrogen) atoms. The van der Waals surface area contributed by atoms with Crippen molar-refractivity contribution in [1.82, 2.24) is 0 Å². The molecule has 0 saturated carbocycles. The molecule has 0 aromatic heterocycles. The molecule has 0 bridgehead atoms. The van der Waals surface area contributed by atoms with Crippen LogP contribution in [0.1, 0.15) is 18.0 Å². The summed E-state index contributed by atoms with van der Waals surface area (Å²) < 4.78 is 4.98. The van der Waals surface area contributed by atoms with Crippen LogP contribution in [0.25, 0.3) is 0 Å². The minimum Gasteiger partial charge on any atom is -0.504 e. The summed E-state index contributed by atoms with van der Waals surface area (Å²) in [4.78, 5) is 0. The second-order valence-corrected chi connectivity index (χ2v) is 3.06. The first-order valence-electron chi connectivity index (χ1n) is 4.42. The van der Waals surface area contributed by atoms with Crippen LogP contribution in [-0.2, 0) is 0 Å². The lowest BCUT2D eigenvalue weighted by molar-refractivity contribution is 0.372. The van der Waals surface area contributed by atoms with Gasteiger partial charge >= 0.3 is 0 Å². The summed E-state index contributed by atoms with van der Waals surface area (Å²) in [5.74, 6) is 0.573. The van der Waals surface area contributed by atoms with Gasteiger partial charge in [-0.2, -0.15) is 0 Å². The second-order valence-electron chi connectivity index (χ2n) is 3.06. The minimum absolute atomic E-state index is 0.0954. The number of phenols is 1. The minimum atomic E-state index is -0.0954. The van der Waals surface area contributed by atoms with Gasteiger partial charge in [0, 0.05) is 6.04 Å². The van der Waals surface area contributed by atoms with Crippen molar-refractivity contribution in [1.29, 1.82) is 0 Å². The summed E-state index contributed by atoms with van der Waals surface area (Å²) in [5.41, 5.74) is 6.80. The number of ether oxygens (including phenoxy) is 1. The second kappa shape index (κ2) is 4.67. The Balaban J connectivity index is 2.93. The molecule has 3 N–H and O–H groups in total. The first-order valence-corrected chi connectivity index (χ1v) is 4.42. The van der Waals surface area contributed by atoms with E-state index in [9.17, 15) is 5.11 Å². The van der Waals surface area contributed by atoms with Crippen LogP contribution in [0.4, 0.5) is 0 Å². The summed E-state index contributed by atoms with van der Waals surface area (Å²) in [6.45, 7) is 3.63. The smallest absolute Gasteiger partial charge is 0.160 e. The molecule has 1 atom stereocenters. The summed E-state index contributed by atoms with van der Waals surface area (Å²) in [6, 6.07) is 5.01. The molecule has 0 amide bonds. The Morgan fingerprint density at radius 3 is 2.93 bits per heavy atom. The van der Waals surface area contributed by atoms with E-state index in [1.807, 2.05) is 0 Å². The Labute approximate surface area is 83.8 Å². The van der Waals surface area contributed by atoms with Gasteiger partial charge in [-0.1, -0.05) is 12.1 Å². The number of benzene rings is 1. The zero-order valence-corrected chi connectivity index (χ0v) is 8.23. The van der Waals surface area contributed by atoms with Crippen molar-refractivity contribution in [3.63, 3.8) is 0 Å².